The monoisotopic (exact) mass is 322 g/mol. The number of hydrogen-bond acceptors (Lipinski definition) is 5. The number of anilines is 1. The number of rotatable bonds is 5. The van der Waals surface area contributed by atoms with E-state index in [1.165, 1.54) is 16.7 Å². The van der Waals surface area contributed by atoms with Gasteiger partial charge >= 0.3 is 0 Å². The molecule has 1 fully saturated rings. The third-order valence-corrected chi connectivity index (χ3v) is 4.78. The van der Waals surface area contributed by atoms with Gasteiger partial charge in [0.1, 0.15) is 4.32 Å². The maximum absolute atomic E-state index is 11.9. The average molecular weight is 322 g/mol. The molecule has 1 amide bonds. The van der Waals surface area contributed by atoms with Crippen LogP contribution in [0.3, 0.4) is 0 Å². The van der Waals surface area contributed by atoms with E-state index < -0.39 is 0 Å². The van der Waals surface area contributed by atoms with Crippen molar-refractivity contribution >= 4 is 46.0 Å². The summed E-state index contributed by atoms with van der Waals surface area (Å²) in [6.45, 7) is 3.64. The Bertz CT molecular complexity index is 570. The standard InChI is InChI=1S/C15H18N2O2S2/c1-3-17(8-9-18)12-6-4-11(5-7-12)10-13-14(19)16(2)15(20)21-13/h4-7,10,18H,3,8-9H2,1-2H3/b13-10+. The highest BCUT2D eigenvalue weighted by molar-refractivity contribution is 8.26. The van der Waals surface area contributed by atoms with Crippen LogP contribution in [-0.2, 0) is 4.79 Å². The molecule has 1 aromatic carbocycles. The zero-order chi connectivity index (χ0) is 15.4. The molecule has 0 aromatic heterocycles. The summed E-state index contributed by atoms with van der Waals surface area (Å²) in [7, 11) is 1.69. The maximum Gasteiger partial charge on any atom is 0.265 e. The van der Waals surface area contributed by atoms with E-state index in [4.69, 9.17) is 17.3 Å². The molecule has 112 valence electrons. The van der Waals surface area contributed by atoms with Gasteiger partial charge in [0.2, 0.25) is 0 Å². The maximum atomic E-state index is 11.9. The van der Waals surface area contributed by atoms with E-state index in [0.29, 0.717) is 15.8 Å². The summed E-state index contributed by atoms with van der Waals surface area (Å²) in [5.41, 5.74) is 2.03. The molecule has 6 heteroatoms. The molecular formula is C15H18N2O2S2. The van der Waals surface area contributed by atoms with Crippen molar-refractivity contribution in [2.75, 3.05) is 31.6 Å². The van der Waals surface area contributed by atoms with Crippen molar-refractivity contribution in [1.29, 1.82) is 0 Å². The first-order chi connectivity index (χ1) is 10.1. The first-order valence-electron chi connectivity index (χ1n) is 6.74. The van der Waals surface area contributed by atoms with Crippen LogP contribution in [0.5, 0.6) is 0 Å². The minimum Gasteiger partial charge on any atom is -0.395 e. The molecule has 1 heterocycles. The summed E-state index contributed by atoms with van der Waals surface area (Å²) < 4.78 is 0.586. The van der Waals surface area contributed by atoms with Gasteiger partial charge in [-0.05, 0) is 30.7 Å². The van der Waals surface area contributed by atoms with Gasteiger partial charge in [0, 0.05) is 25.8 Å². The predicted octanol–water partition coefficient (Wildman–Crippen LogP) is 2.34. The van der Waals surface area contributed by atoms with Crippen LogP contribution >= 0.6 is 24.0 Å². The van der Waals surface area contributed by atoms with Crippen molar-refractivity contribution in [1.82, 2.24) is 4.90 Å². The quantitative estimate of drug-likeness (QED) is 0.666. The first kappa shape index (κ1) is 16.0. The van der Waals surface area contributed by atoms with Gasteiger partial charge in [-0.25, -0.2) is 0 Å². The molecule has 1 aliphatic heterocycles. The lowest BCUT2D eigenvalue weighted by molar-refractivity contribution is -0.121. The molecular weight excluding hydrogens is 304 g/mol. The van der Waals surface area contributed by atoms with Crippen molar-refractivity contribution in [3.8, 4) is 0 Å². The lowest BCUT2D eigenvalue weighted by Crippen LogP contribution is -2.25. The number of carbonyl (C=O) groups is 1. The Balaban J connectivity index is 2.16. The van der Waals surface area contributed by atoms with E-state index in [9.17, 15) is 4.79 Å². The fourth-order valence-corrected chi connectivity index (χ4v) is 3.25. The minimum absolute atomic E-state index is 0.0514. The summed E-state index contributed by atoms with van der Waals surface area (Å²) in [6, 6.07) is 7.94. The second-order valence-electron chi connectivity index (χ2n) is 4.64. The van der Waals surface area contributed by atoms with Gasteiger partial charge in [0.05, 0.1) is 11.5 Å². The number of hydrogen-bond donors (Lipinski definition) is 1. The third kappa shape index (κ3) is 3.64. The van der Waals surface area contributed by atoms with Gasteiger partial charge in [-0.1, -0.05) is 36.1 Å². The molecule has 0 atom stereocenters. The van der Waals surface area contributed by atoms with E-state index in [-0.39, 0.29) is 12.5 Å². The van der Waals surface area contributed by atoms with Crippen molar-refractivity contribution in [2.24, 2.45) is 0 Å². The van der Waals surface area contributed by atoms with Crippen LogP contribution in [-0.4, -0.2) is 47.0 Å². The molecule has 0 unspecified atom stereocenters. The van der Waals surface area contributed by atoms with Crippen molar-refractivity contribution < 1.29 is 9.90 Å². The highest BCUT2D eigenvalue weighted by atomic mass is 32.2. The summed E-state index contributed by atoms with van der Waals surface area (Å²) >= 11 is 6.43. The molecule has 0 bridgehead atoms. The number of benzene rings is 1. The molecule has 1 saturated heterocycles. The van der Waals surface area contributed by atoms with Gasteiger partial charge < -0.3 is 10.0 Å². The number of thiocarbonyl (C=S) groups is 1. The second-order valence-corrected chi connectivity index (χ2v) is 6.31. The molecule has 1 aromatic rings. The molecule has 0 aliphatic carbocycles. The number of thioether (sulfide) groups is 1. The van der Waals surface area contributed by atoms with E-state index >= 15 is 0 Å². The molecule has 0 saturated carbocycles. The minimum atomic E-state index is -0.0514. The number of nitrogens with zero attached hydrogens (tertiary/aromatic N) is 2. The third-order valence-electron chi connectivity index (χ3n) is 3.29. The summed E-state index contributed by atoms with van der Waals surface area (Å²) in [5, 5.41) is 9.04. The van der Waals surface area contributed by atoms with Crippen LogP contribution in [0.2, 0.25) is 0 Å². The molecule has 1 N–H and O–H groups in total. The van der Waals surface area contributed by atoms with Gasteiger partial charge in [-0.3, -0.25) is 9.69 Å². The fourth-order valence-electron chi connectivity index (χ4n) is 2.07. The lowest BCUT2D eigenvalue weighted by Gasteiger charge is -2.21. The van der Waals surface area contributed by atoms with E-state index in [1.807, 2.05) is 30.3 Å². The Morgan fingerprint density at radius 3 is 2.52 bits per heavy atom. The van der Waals surface area contributed by atoms with Crippen LogP contribution in [0.15, 0.2) is 29.2 Å². The highest BCUT2D eigenvalue weighted by Gasteiger charge is 2.28. The molecule has 0 spiro atoms. The molecule has 1 aliphatic rings. The molecule has 21 heavy (non-hydrogen) atoms. The van der Waals surface area contributed by atoms with Crippen LogP contribution in [0.25, 0.3) is 6.08 Å². The largest absolute Gasteiger partial charge is 0.395 e. The lowest BCUT2D eigenvalue weighted by atomic mass is 10.1. The number of aliphatic hydroxyl groups excluding tert-OH is 1. The topological polar surface area (TPSA) is 43.8 Å². The van der Waals surface area contributed by atoms with Crippen LogP contribution in [0.1, 0.15) is 12.5 Å². The Kier molecular flexibility index (Phi) is 5.39. The fraction of sp³-hybridized carbons (Fsp3) is 0.333. The highest BCUT2D eigenvalue weighted by Crippen LogP contribution is 2.31. The Hall–Kier alpha value is -1.37. The van der Waals surface area contributed by atoms with Crippen molar-refractivity contribution in [3.63, 3.8) is 0 Å². The summed E-state index contributed by atoms with van der Waals surface area (Å²) in [4.78, 5) is 16.2. The Morgan fingerprint density at radius 1 is 1.38 bits per heavy atom. The van der Waals surface area contributed by atoms with Crippen LogP contribution < -0.4 is 4.90 Å². The summed E-state index contributed by atoms with van der Waals surface area (Å²) in [5.74, 6) is -0.0514. The van der Waals surface area contributed by atoms with E-state index in [1.54, 1.807) is 7.05 Å². The van der Waals surface area contributed by atoms with E-state index in [0.717, 1.165) is 17.8 Å². The summed E-state index contributed by atoms with van der Waals surface area (Å²) in [6.07, 6.45) is 1.86. The molecule has 4 nitrogen and oxygen atoms in total. The first-order valence-corrected chi connectivity index (χ1v) is 7.96. The van der Waals surface area contributed by atoms with Gasteiger partial charge in [-0.15, -0.1) is 0 Å². The van der Waals surface area contributed by atoms with Crippen LogP contribution in [0.4, 0.5) is 5.69 Å². The predicted molar refractivity (Wildman–Crippen MR) is 92.4 cm³/mol. The number of likely N-dealkylation sites (N-methyl/N-ethyl adjacent to an activating group) is 2. The molecule has 2 rings (SSSR count). The van der Waals surface area contributed by atoms with Crippen LogP contribution in [0, 0.1) is 0 Å². The van der Waals surface area contributed by atoms with Crippen molar-refractivity contribution in [3.05, 3.63) is 34.7 Å². The Labute approximate surface area is 134 Å². The van der Waals surface area contributed by atoms with Gasteiger partial charge in [0.15, 0.2) is 0 Å². The van der Waals surface area contributed by atoms with E-state index in [2.05, 4.69) is 11.8 Å². The normalized spacial score (nSPS) is 16.9. The SMILES string of the molecule is CCN(CCO)c1ccc(/C=C2/SC(=S)N(C)C2=O)cc1. The number of amides is 1. The average Bonchev–Trinajstić information content (AvgIpc) is 2.73. The number of aliphatic hydroxyl groups is 1. The second kappa shape index (κ2) is 7.06. The molecule has 0 radical (unpaired) electrons. The zero-order valence-corrected chi connectivity index (χ0v) is 13.7. The number of carbonyl (C=O) groups excluding carboxylic acids is 1. The Morgan fingerprint density at radius 2 is 2.05 bits per heavy atom. The smallest absolute Gasteiger partial charge is 0.265 e. The van der Waals surface area contributed by atoms with Gasteiger partial charge in [-0.2, -0.15) is 0 Å². The van der Waals surface area contributed by atoms with Gasteiger partial charge in [0.25, 0.3) is 5.91 Å². The zero-order valence-electron chi connectivity index (χ0n) is 12.1. The van der Waals surface area contributed by atoms with Crippen molar-refractivity contribution in [2.45, 2.75) is 6.92 Å².